The first-order valence-corrected chi connectivity index (χ1v) is 6.77. The van der Waals surface area contributed by atoms with E-state index in [1.165, 1.54) is 11.1 Å². The summed E-state index contributed by atoms with van der Waals surface area (Å²) in [7, 11) is 0. The van der Waals surface area contributed by atoms with Gasteiger partial charge in [-0.1, -0.05) is 31.0 Å². The molecule has 4 heteroatoms. The van der Waals surface area contributed by atoms with E-state index in [4.69, 9.17) is 9.94 Å². The van der Waals surface area contributed by atoms with Gasteiger partial charge in [-0.2, -0.15) is 0 Å². The molecule has 106 valence electrons. The van der Waals surface area contributed by atoms with Crippen LogP contribution < -0.4 is 10.2 Å². The summed E-state index contributed by atoms with van der Waals surface area (Å²) in [6.45, 7) is 4.81. The summed E-state index contributed by atoms with van der Waals surface area (Å²) in [4.78, 5) is 10.8. The van der Waals surface area contributed by atoms with Crippen molar-refractivity contribution in [3.05, 3.63) is 29.3 Å². The van der Waals surface area contributed by atoms with E-state index < -0.39 is 0 Å². The van der Waals surface area contributed by atoms with E-state index in [-0.39, 0.29) is 5.91 Å². The fraction of sp³-hybridized carbons (Fsp3) is 0.533. The maximum atomic E-state index is 10.8. The van der Waals surface area contributed by atoms with Gasteiger partial charge in [-0.05, 0) is 37.8 Å². The average Bonchev–Trinajstić information content (AvgIpc) is 2.40. The molecule has 4 nitrogen and oxygen atoms in total. The molecule has 0 radical (unpaired) electrons. The van der Waals surface area contributed by atoms with Crippen molar-refractivity contribution in [2.45, 2.75) is 46.0 Å². The number of carbonyl (C=O) groups is 1. The molecular weight excluding hydrogens is 242 g/mol. The zero-order valence-electron chi connectivity index (χ0n) is 11.7. The lowest BCUT2D eigenvalue weighted by atomic mass is 10.1. The average molecular weight is 265 g/mol. The smallest absolute Gasteiger partial charge is 0.243 e. The number of ether oxygens (including phenoxy) is 1. The van der Waals surface area contributed by atoms with Crippen LogP contribution >= 0.6 is 0 Å². The van der Waals surface area contributed by atoms with Gasteiger partial charge in [0.25, 0.3) is 0 Å². The summed E-state index contributed by atoms with van der Waals surface area (Å²) >= 11 is 0. The topological polar surface area (TPSA) is 58.6 Å². The van der Waals surface area contributed by atoms with Gasteiger partial charge in [-0.3, -0.25) is 10.0 Å². The third kappa shape index (κ3) is 5.75. The normalized spacial score (nSPS) is 10.3. The molecule has 0 saturated carbocycles. The highest BCUT2D eigenvalue weighted by Gasteiger charge is 2.03. The van der Waals surface area contributed by atoms with Gasteiger partial charge < -0.3 is 4.74 Å². The summed E-state index contributed by atoms with van der Waals surface area (Å²) < 4.78 is 5.80. The van der Waals surface area contributed by atoms with Gasteiger partial charge in [0.15, 0.2) is 0 Å². The number of benzene rings is 1. The van der Waals surface area contributed by atoms with Gasteiger partial charge in [-0.15, -0.1) is 0 Å². The number of nitrogens with one attached hydrogen (secondary N) is 1. The number of unbranched alkanes of at least 4 members (excludes halogenated alkanes) is 3. The lowest BCUT2D eigenvalue weighted by Gasteiger charge is -2.11. The molecule has 0 fully saturated rings. The lowest BCUT2D eigenvalue weighted by Crippen LogP contribution is -2.17. The van der Waals surface area contributed by atoms with E-state index >= 15 is 0 Å². The summed E-state index contributed by atoms with van der Waals surface area (Å²) in [6.07, 6.45) is 4.17. The summed E-state index contributed by atoms with van der Waals surface area (Å²) in [6, 6.07) is 6.13. The Balaban J connectivity index is 2.13. The van der Waals surface area contributed by atoms with Crippen LogP contribution in [0.25, 0.3) is 0 Å². The van der Waals surface area contributed by atoms with Crippen LogP contribution in [0.5, 0.6) is 5.75 Å². The number of carbonyl (C=O) groups excluding carboxylic acids is 1. The summed E-state index contributed by atoms with van der Waals surface area (Å²) in [5.74, 6) is 0.675. The Labute approximate surface area is 114 Å². The predicted octanol–water partition coefficient (Wildman–Crippen LogP) is 3.14. The molecule has 19 heavy (non-hydrogen) atoms. The molecule has 0 aliphatic heterocycles. The fourth-order valence-electron chi connectivity index (χ4n) is 2.00. The largest absolute Gasteiger partial charge is 0.493 e. The first kappa shape index (κ1) is 15.5. The molecule has 0 heterocycles. The molecule has 0 saturated heterocycles. The minimum absolute atomic E-state index is 0.313. The highest BCUT2D eigenvalue weighted by molar-refractivity contribution is 5.74. The molecule has 0 aliphatic rings. The molecular formula is C15H23NO3. The standard InChI is InChI=1S/C15H23NO3/c1-12-8-7-9-13(2)15(12)19-11-6-4-3-5-10-14(17)16-18/h7-9,18H,3-6,10-11H2,1-2H3,(H,16,17). The van der Waals surface area contributed by atoms with Gasteiger partial charge in [0.05, 0.1) is 6.61 Å². The fourth-order valence-corrected chi connectivity index (χ4v) is 2.00. The van der Waals surface area contributed by atoms with Crippen LogP contribution in [0.2, 0.25) is 0 Å². The highest BCUT2D eigenvalue weighted by atomic mass is 16.5. The summed E-state index contributed by atoms with van der Waals surface area (Å²) in [5.41, 5.74) is 3.97. The molecule has 0 spiro atoms. The van der Waals surface area contributed by atoms with E-state index in [1.807, 2.05) is 6.07 Å². The van der Waals surface area contributed by atoms with Gasteiger partial charge >= 0.3 is 0 Å². The van der Waals surface area contributed by atoms with Crippen LogP contribution in [-0.4, -0.2) is 17.7 Å². The van der Waals surface area contributed by atoms with Crippen LogP contribution in [0.4, 0.5) is 0 Å². The van der Waals surface area contributed by atoms with Crippen molar-refractivity contribution in [3.8, 4) is 5.75 Å². The van der Waals surface area contributed by atoms with Crippen LogP contribution in [0.15, 0.2) is 18.2 Å². The second-order valence-corrected chi connectivity index (χ2v) is 4.77. The van der Waals surface area contributed by atoms with Gasteiger partial charge in [0.2, 0.25) is 5.91 Å². The predicted molar refractivity (Wildman–Crippen MR) is 74.4 cm³/mol. The van der Waals surface area contributed by atoms with Crippen molar-refractivity contribution in [3.63, 3.8) is 0 Å². The minimum Gasteiger partial charge on any atom is -0.493 e. The second-order valence-electron chi connectivity index (χ2n) is 4.77. The van der Waals surface area contributed by atoms with Crippen molar-refractivity contribution in [2.75, 3.05) is 6.61 Å². The monoisotopic (exact) mass is 265 g/mol. The maximum absolute atomic E-state index is 10.8. The van der Waals surface area contributed by atoms with Crippen LogP contribution in [0, 0.1) is 13.8 Å². The maximum Gasteiger partial charge on any atom is 0.243 e. The third-order valence-electron chi connectivity index (χ3n) is 3.08. The van der Waals surface area contributed by atoms with Crippen LogP contribution in [-0.2, 0) is 4.79 Å². The Morgan fingerprint density at radius 3 is 2.42 bits per heavy atom. The van der Waals surface area contributed by atoms with E-state index in [0.29, 0.717) is 13.0 Å². The molecule has 0 aliphatic carbocycles. The van der Waals surface area contributed by atoms with Crippen LogP contribution in [0.1, 0.15) is 43.2 Å². The molecule has 0 aromatic heterocycles. The SMILES string of the molecule is Cc1cccc(C)c1OCCCCCCC(=O)NO. The number of hydrogen-bond acceptors (Lipinski definition) is 3. The number of para-hydroxylation sites is 1. The van der Waals surface area contributed by atoms with Gasteiger partial charge in [-0.25, -0.2) is 5.48 Å². The molecule has 0 unspecified atom stereocenters. The van der Waals surface area contributed by atoms with Crippen molar-refractivity contribution >= 4 is 5.91 Å². The number of hydroxylamine groups is 1. The molecule has 2 N–H and O–H groups in total. The zero-order valence-corrected chi connectivity index (χ0v) is 11.7. The van der Waals surface area contributed by atoms with Crippen molar-refractivity contribution in [1.82, 2.24) is 5.48 Å². The van der Waals surface area contributed by atoms with Gasteiger partial charge in [0.1, 0.15) is 5.75 Å². The van der Waals surface area contributed by atoms with Crippen molar-refractivity contribution in [1.29, 1.82) is 0 Å². The van der Waals surface area contributed by atoms with Crippen molar-refractivity contribution < 1.29 is 14.7 Å². The quantitative estimate of drug-likeness (QED) is 0.431. The molecule has 0 atom stereocenters. The van der Waals surface area contributed by atoms with Crippen molar-refractivity contribution in [2.24, 2.45) is 0 Å². The molecule has 1 rings (SSSR count). The Morgan fingerprint density at radius 1 is 1.16 bits per heavy atom. The van der Waals surface area contributed by atoms with Gasteiger partial charge in [0, 0.05) is 6.42 Å². The zero-order chi connectivity index (χ0) is 14.1. The molecule has 1 aromatic rings. The van der Waals surface area contributed by atoms with E-state index in [1.54, 1.807) is 5.48 Å². The Kier molecular flexibility index (Phi) is 6.97. The second kappa shape index (κ2) is 8.53. The third-order valence-corrected chi connectivity index (χ3v) is 3.08. The number of aryl methyl sites for hydroxylation is 2. The first-order chi connectivity index (χ1) is 9.15. The molecule has 1 aromatic carbocycles. The van der Waals surface area contributed by atoms with E-state index in [2.05, 4.69) is 26.0 Å². The van der Waals surface area contributed by atoms with E-state index in [0.717, 1.165) is 31.4 Å². The number of hydrogen-bond donors (Lipinski definition) is 2. The number of amides is 1. The molecule has 0 bridgehead atoms. The number of rotatable bonds is 8. The Bertz CT molecular complexity index is 384. The minimum atomic E-state index is -0.313. The Morgan fingerprint density at radius 2 is 1.79 bits per heavy atom. The lowest BCUT2D eigenvalue weighted by molar-refractivity contribution is -0.129. The van der Waals surface area contributed by atoms with Crippen LogP contribution in [0.3, 0.4) is 0 Å². The Hall–Kier alpha value is -1.55. The summed E-state index contributed by atoms with van der Waals surface area (Å²) in [5, 5.41) is 8.33. The van der Waals surface area contributed by atoms with E-state index in [9.17, 15) is 4.79 Å². The first-order valence-electron chi connectivity index (χ1n) is 6.77. The highest BCUT2D eigenvalue weighted by Crippen LogP contribution is 2.22. The molecule has 1 amide bonds.